The quantitative estimate of drug-likeness (QED) is 0.215. The number of rotatable bonds is 1. The van der Waals surface area contributed by atoms with Crippen LogP contribution in [0.3, 0.4) is 0 Å². The fourth-order valence-electron chi connectivity index (χ4n) is 4.44. The van der Waals surface area contributed by atoms with Gasteiger partial charge in [0.25, 0.3) is 0 Å². The first-order valence-electron chi connectivity index (χ1n) is 11.0. The molecule has 0 saturated heterocycles. The van der Waals surface area contributed by atoms with Crippen LogP contribution in [-0.2, 0) is 10.1 Å². The van der Waals surface area contributed by atoms with Gasteiger partial charge in [0, 0.05) is 33.4 Å². The summed E-state index contributed by atoms with van der Waals surface area (Å²) < 4.78 is 33.0. The van der Waals surface area contributed by atoms with Crippen LogP contribution in [0.2, 0.25) is 0 Å². The fraction of sp³-hybridized carbons (Fsp3) is 0. The number of fused-ring (bicyclic) bond motifs is 4. The molecule has 188 valence electrons. The van der Waals surface area contributed by atoms with Gasteiger partial charge < -0.3 is 14.8 Å². The zero-order chi connectivity index (χ0) is 27.4. The molecule has 2 N–H and O–H groups in total. The average Bonchev–Trinajstić information content (AvgIpc) is 2.90. The van der Waals surface area contributed by atoms with E-state index in [2.05, 4.69) is 0 Å². The van der Waals surface area contributed by atoms with E-state index in [0.29, 0.717) is 0 Å². The third kappa shape index (κ3) is 4.73. The summed E-state index contributed by atoms with van der Waals surface area (Å²) in [6.45, 7) is 0. The van der Waals surface area contributed by atoms with Crippen molar-refractivity contribution in [2.75, 3.05) is 0 Å². The van der Waals surface area contributed by atoms with E-state index < -0.39 is 32.4 Å². The number of phenolic OH excluding ortho intramolecular Hbond substituents is 2. The van der Waals surface area contributed by atoms with Crippen molar-refractivity contribution in [2.24, 2.45) is 0 Å². The minimum absolute atomic E-state index is 0. The van der Waals surface area contributed by atoms with Gasteiger partial charge in [0.15, 0.2) is 23.1 Å². The zero-order valence-corrected chi connectivity index (χ0v) is 23.0. The smallest absolute Gasteiger partial charge is 0.744 e. The number of phenols is 2. The van der Waals surface area contributed by atoms with Crippen molar-refractivity contribution in [1.29, 1.82) is 0 Å². The largest absolute Gasteiger partial charge is 1.00 e. The second kappa shape index (κ2) is 10.3. The number of carbonyl (C=O) groups excluding carboxylic acids is 4. The van der Waals surface area contributed by atoms with Gasteiger partial charge in [-0.3, -0.25) is 19.2 Å². The Bertz CT molecular complexity index is 1780. The number of hydrogen-bond acceptors (Lipinski definition) is 9. The predicted octanol–water partition coefficient (Wildman–Crippen LogP) is 0.243. The summed E-state index contributed by atoms with van der Waals surface area (Å²) in [6.07, 6.45) is 0. The number of ketones is 4. The molecule has 4 aromatic rings. The summed E-state index contributed by atoms with van der Waals surface area (Å²) in [6, 6.07) is 18.1. The number of carbonyl (C=O) groups is 4. The summed E-state index contributed by atoms with van der Waals surface area (Å²) in [4.78, 5) is 48.4. The van der Waals surface area contributed by atoms with Crippen molar-refractivity contribution < 1.29 is 71.9 Å². The molecule has 6 rings (SSSR count). The van der Waals surface area contributed by atoms with Crippen molar-refractivity contribution in [2.45, 2.75) is 4.90 Å². The van der Waals surface area contributed by atoms with Gasteiger partial charge in [-0.1, -0.05) is 48.5 Å². The van der Waals surface area contributed by atoms with Crippen LogP contribution in [0.15, 0.2) is 83.8 Å². The number of aromatic hydroxyl groups is 2. The molecule has 39 heavy (non-hydrogen) atoms. The van der Waals surface area contributed by atoms with E-state index in [1.54, 1.807) is 12.1 Å². The molecule has 0 aromatic heterocycles. The Balaban J connectivity index is 0.000000177. The van der Waals surface area contributed by atoms with Crippen LogP contribution < -0.4 is 29.6 Å². The Labute approximate surface area is 243 Å². The Kier molecular flexibility index (Phi) is 7.44. The molecule has 0 heterocycles. The molecule has 0 atom stereocenters. The van der Waals surface area contributed by atoms with Crippen LogP contribution in [-0.4, -0.2) is 46.3 Å². The Morgan fingerprint density at radius 1 is 0.513 bits per heavy atom. The van der Waals surface area contributed by atoms with E-state index in [4.69, 9.17) is 0 Å². The van der Waals surface area contributed by atoms with E-state index in [1.165, 1.54) is 54.6 Å². The van der Waals surface area contributed by atoms with Crippen LogP contribution in [0.4, 0.5) is 0 Å². The topological polar surface area (TPSA) is 166 Å². The molecule has 0 radical (unpaired) electrons. The Hall–Kier alpha value is -3.93. The standard InChI is InChI=1S/C14H8O5S.C14H8O4.Na/c15-13-9-3-1-2-4-10(9)14(16)12-7-8(20(17,18)19)5-6-11(12)13;15-9-5-1-3-7-11(9)14(18)8-4-2-6-10(16)12(8)13(7)17;/h1-7H,(H,17,18,19);1-6,15-16H;/q;;+1/p-1. The Morgan fingerprint density at radius 3 is 1.38 bits per heavy atom. The zero-order valence-electron chi connectivity index (χ0n) is 20.2. The van der Waals surface area contributed by atoms with Gasteiger partial charge in [0.2, 0.25) is 0 Å². The molecule has 2 aliphatic rings. The predicted molar refractivity (Wildman–Crippen MR) is 131 cm³/mol. The fourth-order valence-corrected chi connectivity index (χ4v) is 4.94. The van der Waals surface area contributed by atoms with Crippen LogP contribution in [0.25, 0.3) is 0 Å². The van der Waals surface area contributed by atoms with Crippen LogP contribution in [0.5, 0.6) is 11.5 Å². The van der Waals surface area contributed by atoms with Gasteiger partial charge in [0.05, 0.1) is 16.0 Å². The SMILES string of the molecule is O=C1c2cccc(O)c2C(=O)c2cccc(O)c21.O=C1c2ccccc2C(=O)c2cc(S(=O)(=O)[O-])ccc21.[Na+]. The molecule has 0 spiro atoms. The molecular weight excluding hydrogens is 535 g/mol. The van der Waals surface area contributed by atoms with Crippen molar-refractivity contribution >= 4 is 33.3 Å². The maximum absolute atomic E-state index is 12.3. The summed E-state index contributed by atoms with van der Waals surface area (Å²) in [5, 5.41) is 19.4. The maximum atomic E-state index is 12.3. The van der Waals surface area contributed by atoms with Gasteiger partial charge in [-0.15, -0.1) is 0 Å². The minimum atomic E-state index is -4.67. The monoisotopic (exact) mass is 550 g/mol. The first-order valence-corrected chi connectivity index (χ1v) is 12.4. The maximum Gasteiger partial charge on any atom is 1.00 e. The summed E-state index contributed by atoms with van der Waals surface area (Å²) in [5.74, 6) is -2.16. The summed E-state index contributed by atoms with van der Waals surface area (Å²) in [5.41, 5.74) is 0.795. The molecule has 2 aliphatic carbocycles. The molecule has 9 nitrogen and oxygen atoms in total. The molecule has 0 amide bonds. The first-order chi connectivity index (χ1) is 18.0. The number of benzene rings is 4. The van der Waals surface area contributed by atoms with Gasteiger partial charge in [-0.05, 0) is 30.3 Å². The molecule has 0 saturated carbocycles. The molecule has 4 aromatic carbocycles. The number of hydrogen-bond donors (Lipinski definition) is 2. The molecule has 0 aliphatic heterocycles. The molecule has 0 unspecified atom stereocenters. The van der Waals surface area contributed by atoms with Gasteiger partial charge >= 0.3 is 29.6 Å². The van der Waals surface area contributed by atoms with E-state index in [9.17, 15) is 42.4 Å². The minimum Gasteiger partial charge on any atom is -0.744 e. The third-order valence-corrected chi connectivity index (χ3v) is 7.04. The molecular formula is C28H15NaO9S. The third-order valence-electron chi connectivity index (χ3n) is 6.21. The second-order valence-electron chi connectivity index (χ2n) is 8.42. The van der Waals surface area contributed by atoms with Crippen LogP contribution in [0.1, 0.15) is 63.7 Å². The normalized spacial score (nSPS) is 13.2. The van der Waals surface area contributed by atoms with Gasteiger partial charge in [-0.2, -0.15) is 0 Å². The van der Waals surface area contributed by atoms with E-state index >= 15 is 0 Å². The van der Waals surface area contributed by atoms with Gasteiger partial charge in [0.1, 0.15) is 21.6 Å². The molecule has 11 heteroatoms. The van der Waals surface area contributed by atoms with Crippen molar-refractivity contribution in [1.82, 2.24) is 0 Å². The van der Waals surface area contributed by atoms with Crippen molar-refractivity contribution in [3.63, 3.8) is 0 Å². The van der Waals surface area contributed by atoms with Gasteiger partial charge in [-0.25, -0.2) is 8.42 Å². The van der Waals surface area contributed by atoms with E-state index in [1.807, 2.05) is 0 Å². The molecule has 0 fully saturated rings. The Morgan fingerprint density at radius 2 is 0.923 bits per heavy atom. The summed E-state index contributed by atoms with van der Waals surface area (Å²) >= 11 is 0. The van der Waals surface area contributed by atoms with Crippen molar-refractivity contribution in [3.05, 3.63) is 123 Å². The summed E-state index contributed by atoms with van der Waals surface area (Å²) in [7, 11) is -4.67. The van der Waals surface area contributed by atoms with E-state index in [-0.39, 0.29) is 91.3 Å². The first kappa shape index (κ1) is 28.1. The van der Waals surface area contributed by atoms with Crippen LogP contribution >= 0.6 is 0 Å². The average molecular weight is 550 g/mol. The van der Waals surface area contributed by atoms with Crippen molar-refractivity contribution in [3.8, 4) is 11.5 Å². The van der Waals surface area contributed by atoms with Crippen LogP contribution in [0, 0.1) is 0 Å². The van der Waals surface area contributed by atoms with E-state index in [0.717, 1.165) is 12.1 Å². The second-order valence-corrected chi connectivity index (χ2v) is 9.80. The molecule has 0 bridgehead atoms.